The number of hydrazine groups is 1. The van der Waals surface area contributed by atoms with Gasteiger partial charge < -0.3 is 5.43 Å². The predicted molar refractivity (Wildman–Crippen MR) is 76.4 cm³/mol. The van der Waals surface area contributed by atoms with E-state index >= 15 is 0 Å². The molecular weight excluding hydrogens is 274 g/mol. The van der Waals surface area contributed by atoms with Crippen LogP contribution in [0, 0.1) is 13.8 Å². The Morgan fingerprint density at radius 2 is 2.05 bits per heavy atom. The third-order valence-corrected chi connectivity index (χ3v) is 3.87. The molecule has 0 saturated carbocycles. The molecule has 0 fully saturated rings. The van der Waals surface area contributed by atoms with E-state index in [1.54, 1.807) is 0 Å². The molecule has 0 unspecified atom stereocenters. The zero-order chi connectivity index (χ0) is 14.1. The van der Waals surface area contributed by atoms with Crippen molar-refractivity contribution in [2.75, 3.05) is 5.43 Å². The van der Waals surface area contributed by atoms with Crippen molar-refractivity contribution in [2.24, 2.45) is 5.84 Å². The Labute approximate surface area is 119 Å². The van der Waals surface area contributed by atoms with Gasteiger partial charge in [0.2, 0.25) is 5.16 Å². The number of fused-ring (bicyclic) bond motifs is 1. The molecule has 0 aromatic carbocycles. The van der Waals surface area contributed by atoms with Gasteiger partial charge >= 0.3 is 0 Å². The summed E-state index contributed by atoms with van der Waals surface area (Å²) >= 11 is 1.44. The standard InChI is InChI=1S/C12H13N7S/c1-7-10(16-13)14-8(2)15-11(7)20-12-18-17-9-5-3-4-6-19(9)12/h3-6H,13H2,1-2H3,(H,14,15,16). The largest absolute Gasteiger partial charge is 0.308 e. The van der Waals surface area contributed by atoms with Crippen LogP contribution >= 0.6 is 11.8 Å². The number of hydrogen-bond donors (Lipinski definition) is 2. The summed E-state index contributed by atoms with van der Waals surface area (Å²) in [5.41, 5.74) is 4.27. The van der Waals surface area contributed by atoms with Crippen LogP contribution in [0.1, 0.15) is 11.4 Å². The lowest BCUT2D eigenvalue weighted by Gasteiger charge is -2.09. The van der Waals surface area contributed by atoms with E-state index in [1.807, 2.05) is 42.6 Å². The predicted octanol–water partition coefficient (Wildman–Crippen LogP) is 1.57. The summed E-state index contributed by atoms with van der Waals surface area (Å²) in [7, 11) is 0. The first-order valence-electron chi connectivity index (χ1n) is 5.98. The highest BCUT2D eigenvalue weighted by atomic mass is 32.2. The van der Waals surface area contributed by atoms with Gasteiger partial charge in [-0.1, -0.05) is 6.07 Å². The fourth-order valence-corrected chi connectivity index (χ4v) is 2.75. The third-order valence-electron chi connectivity index (χ3n) is 2.82. The molecule has 3 N–H and O–H groups in total. The fraction of sp³-hybridized carbons (Fsp3) is 0.167. The number of aryl methyl sites for hydroxylation is 1. The van der Waals surface area contributed by atoms with Crippen LogP contribution in [0.4, 0.5) is 5.82 Å². The molecule has 20 heavy (non-hydrogen) atoms. The van der Waals surface area contributed by atoms with Gasteiger partial charge in [0.1, 0.15) is 16.7 Å². The average Bonchev–Trinajstić information content (AvgIpc) is 2.86. The summed E-state index contributed by atoms with van der Waals surface area (Å²) in [4.78, 5) is 8.68. The molecule has 3 heterocycles. The van der Waals surface area contributed by atoms with E-state index in [-0.39, 0.29) is 0 Å². The van der Waals surface area contributed by atoms with Crippen molar-refractivity contribution in [2.45, 2.75) is 24.0 Å². The second kappa shape index (κ2) is 5.06. The van der Waals surface area contributed by atoms with Gasteiger partial charge in [-0.25, -0.2) is 15.8 Å². The molecule has 0 aliphatic rings. The van der Waals surface area contributed by atoms with Crippen LogP contribution in [0.5, 0.6) is 0 Å². The number of aromatic nitrogens is 5. The summed E-state index contributed by atoms with van der Waals surface area (Å²) in [6.45, 7) is 3.74. The van der Waals surface area contributed by atoms with Gasteiger partial charge in [-0.3, -0.25) is 4.40 Å². The summed E-state index contributed by atoms with van der Waals surface area (Å²) in [6.07, 6.45) is 1.92. The maximum atomic E-state index is 5.47. The number of nitrogens with one attached hydrogen (secondary N) is 1. The van der Waals surface area contributed by atoms with Crippen molar-refractivity contribution >= 4 is 23.2 Å². The van der Waals surface area contributed by atoms with Crippen LogP contribution in [-0.4, -0.2) is 24.6 Å². The van der Waals surface area contributed by atoms with Gasteiger partial charge in [0, 0.05) is 11.8 Å². The Morgan fingerprint density at radius 3 is 2.85 bits per heavy atom. The van der Waals surface area contributed by atoms with E-state index in [2.05, 4.69) is 25.6 Å². The van der Waals surface area contributed by atoms with E-state index in [1.165, 1.54) is 11.8 Å². The maximum Gasteiger partial charge on any atom is 0.201 e. The molecule has 0 saturated heterocycles. The highest BCUT2D eigenvalue weighted by Gasteiger charge is 2.13. The zero-order valence-electron chi connectivity index (χ0n) is 11.0. The van der Waals surface area contributed by atoms with Crippen molar-refractivity contribution in [3.8, 4) is 0 Å². The number of nitrogen functional groups attached to an aromatic ring is 1. The molecule has 0 atom stereocenters. The fourth-order valence-electron chi connectivity index (χ4n) is 1.82. The highest BCUT2D eigenvalue weighted by Crippen LogP contribution is 2.30. The monoisotopic (exact) mass is 287 g/mol. The number of nitrogens with two attached hydrogens (primary N) is 1. The number of anilines is 1. The van der Waals surface area contributed by atoms with Gasteiger partial charge in [0.25, 0.3) is 0 Å². The Morgan fingerprint density at radius 1 is 1.20 bits per heavy atom. The Kier molecular flexibility index (Phi) is 3.25. The molecule has 0 aliphatic heterocycles. The lowest BCUT2D eigenvalue weighted by atomic mass is 10.3. The van der Waals surface area contributed by atoms with Crippen LogP contribution in [0.15, 0.2) is 34.6 Å². The molecule has 7 nitrogen and oxygen atoms in total. The molecule has 0 aliphatic carbocycles. The Balaban J connectivity index is 2.05. The molecule has 0 bridgehead atoms. The molecule has 3 rings (SSSR count). The highest BCUT2D eigenvalue weighted by molar-refractivity contribution is 7.99. The van der Waals surface area contributed by atoms with Crippen molar-refractivity contribution in [3.05, 3.63) is 35.8 Å². The van der Waals surface area contributed by atoms with Gasteiger partial charge in [-0.2, -0.15) is 0 Å². The first kappa shape index (κ1) is 12.8. The molecule has 0 spiro atoms. The molecule has 8 heteroatoms. The topological polar surface area (TPSA) is 94.0 Å². The van der Waals surface area contributed by atoms with Crippen LogP contribution in [0.25, 0.3) is 5.65 Å². The van der Waals surface area contributed by atoms with Gasteiger partial charge in [0.05, 0.1) is 0 Å². The molecular formula is C12H13N7S. The van der Waals surface area contributed by atoms with E-state index in [4.69, 9.17) is 5.84 Å². The summed E-state index contributed by atoms with van der Waals surface area (Å²) < 4.78 is 1.91. The minimum atomic E-state index is 0.619. The quantitative estimate of drug-likeness (QED) is 0.429. The second-order valence-electron chi connectivity index (χ2n) is 4.21. The van der Waals surface area contributed by atoms with Crippen molar-refractivity contribution in [3.63, 3.8) is 0 Å². The molecule has 102 valence electrons. The van der Waals surface area contributed by atoms with Gasteiger partial charge in [-0.05, 0) is 37.7 Å². The third kappa shape index (κ3) is 2.19. The number of rotatable bonds is 3. The lowest BCUT2D eigenvalue weighted by molar-refractivity contribution is 0.898. The van der Waals surface area contributed by atoms with Crippen LogP contribution in [0.3, 0.4) is 0 Å². The van der Waals surface area contributed by atoms with Gasteiger partial charge in [0.15, 0.2) is 5.65 Å². The first-order valence-corrected chi connectivity index (χ1v) is 6.80. The molecule has 0 amide bonds. The normalized spacial score (nSPS) is 10.9. The van der Waals surface area contributed by atoms with E-state index < -0.39 is 0 Å². The number of pyridine rings is 1. The van der Waals surface area contributed by atoms with Crippen molar-refractivity contribution < 1.29 is 0 Å². The smallest absolute Gasteiger partial charge is 0.201 e. The Hall–Kier alpha value is -2.19. The number of nitrogens with zero attached hydrogens (tertiary/aromatic N) is 5. The molecule has 3 aromatic rings. The maximum absolute atomic E-state index is 5.47. The summed E-state index contributed by atoms with van der Waals surface area (Å²) in [5, 5.41) is 9.86. The number of hydrogen-bond acceptors (Lipinski definition) is 7. The van der Waals surface area contributed by atoms with E-state index in [0.717, 1.165) is 21.4 Å². The van der Waals surface area contributed by atoms with Crippen molar-refractivity contribution in [1.82, 2.24) is 24.6 Å². The van der Waals surface area contributed by atoms with E-state index in [0.29, 0.717) is 11.6 Å². The van der Waals surface area contributed by atoms with Gasteiger partial charge in [-0.15, -0.1) is 10.2 Å². The Bertz CT molecular complexity index is 768. The molecule has 0 radical (unpaired) electrons. The van der Waals surface area contributed by atoms with Crippen LogP contribution in [-0.2, 0) is 0 Å². The zero-order valence-corrected chi connectivity index (χ0v) is 11.8. The minimum Gasteiger partial charge on any atom is -0.308 e. The van der Waals surface area contributed by atoms with Crippen LogP contribution < -0.4 is 11.3 Å². The second-order valence-corrected chi connectivity index (χ2v) is 5.16. The van der Waals surface area contributed by atoms with Crippen molar-refractivity contribution in [1.29, 1.82) is 0 Å². The minimum absolute atomic E-state index is 0.619. The van der Waals surface area contributed by atoms with E-state index in [9.17, 15) is 0 Å². The van der Waals surface area contributed by atoms with Crippen LogP contribution in [0.2, 0.25) is 0 Å². The SMILES string of the molecule is Cc1nc(NN)c(C)c(Sc2nnc3ccccn23)n1. The lowest BCUT2D eigenvalue weighted by Crippen LogP contribution is -2.12. The molecule has 3 aromatic heterocycles. The summed E-state index contributed by atoms with van der Waals surface area (Å²) in [5.74, 6) is 6.74. The average molecular weight is 287 g/mol. The summed E-state index contributed by atoms with van der Waals surface area (Å²) in [6, 6.07) is 5.77. The first-order chi connectivity index (χ1) is 9.69.